The average Bonchev–Trinajstić information content (AvgIpc) is 3.16. The molecule has 1 atom stereocenters. The van der Waals surface area contributed by atoms with Crippen LogP contribution in [-0.2, 0) is 17.4 Å². The highest BCUT2D eigenvalue weighted by Gasteiger charge is 2.35. The number of nitrogens with one attached hydrogen (secondary N) is 1. The topological polar surface area (TPSA) is 59.8 Å². The fourth-order valence-electron chi connectivity index (χ4n) is 4.22. The number of rotatable bonds is 3. The first-order chi connectivity index (χ1) is 13.4. The maximum atomic E-state index is 13.1. The molecular weight excluding hydrogens is 369 g/mol. The highest BCUT2D eigenvalue weighted by molar-refractivity contribution is 5.82. The van der Waals surface area contributed by atoms with E-state index >= 15 is 0 Å². The molecule has 2 aliphatic rings. The van der Waals surface area contributed by atoms with E-state index in [0.717, 1.165) is 37.8 Å². The van der Waals surface area contributed by atoms with Gasteiger partial charge in [0.1, 0.15) is 11.9 Å². The number of amides is 1. The van der Waals surface area contributed by atoms with Crippen LogP contribution in [0.3, 0.4) is 0 Å². The SMILES string of the molecule is O=C(NC1CCCCCC1)C1CCc2nnc(-c3cccc(C(F)(F)F)c3)n21. The Labute approximate surface area is 161 Å². The second-order valence-corrected chi connectivity index (χ2v) is 7.64. The van der Waals surface area contributed by atoms with Gasteiger partial charge in [-0.25, -0.2) is 0 Å². The molecule has 0 saturated heterocycles. The van der Waals surface area contributed by atoms with E-state index in [9.17, 15) is 18.0 Å². The van der Waals surface area contributed by atoms with Gasteiger partial charge < -0.3 is 5.32 Å². The minimum absolute atomic E-state index is 0.0846. The molecule has 1 fully saturated rings. The van der Waals surface area contributed by atoms with Gasteiger partial charge in [-0.1, -0.05) is 37.8 Å². The summed E-state index contributed by atoms with van der Waals surface area (Å²) in [5, 5.41) is 11.4. The number of aromatic nitrogens is 3. The van der Waals surface area contributed by atoms with Crippen LogP contribution < -0.4 is 5.32 Å². The predicted octanol–water partition coefficient (Wildman–Crippen LogP) is 4.29. The number of halogens is 3. The van der Waals surface area contributed by atoms with Gasteiger partial charge in [-0.05, 0) is 31.4 Å². The fraction of sp³-hybridized carbons (Fsp3) is 0.550. The normalized spacial score (nSPS) is 20.6. The molecule has 4 rings (SSSR count). The zero-order chi connectivity index (χ0) is 19.7. The lowest BCUT2D eigenvalue weighted by Crippen LogP contribution is -2.38. The van der Waals surface area contributed by atoms with Crippen molar-refractivity contribution in [1.82, 2.24) is 20.1 Å². The Morgan fingerprint density at radius 1 is 1.07 bits per heavy atom. The Kier molecular flexibility index (Phi) is 5.12. The van der Waals surface area contributed by atoms with Crippen molar-refractivity contribution >= 4 is 5.91 Å². The maximum Gasteiger partial charge on any atom is 0.416 e. The van der Waals surface area contributed by atoms with E-state index in [1.54, 1.807) is 10.6 Å². The minimum Gasteiger partial charge on any atom is -0.352 e. The molecule has 1 saturated carbocycles. The Bertz CT molecular complexity index is 853. The van der Waals surface area contributed by atoms with Crippen LogP contribution in [0.5, 0.6) is 0 Å². The van der Waals surface area contributed by atoms with Crippen molar-refractivity contribution < 1.29 is 18.0 Å². The molecule has 150 valence electrons. The molecule has 5 nitrogen and oxygen atoms in total. The molecule has 0 radical (unpaired) electrons. The van der Waals surface area contributed by atoms with E-state index in [-0.39, 0.29) is 11.9 Å². The lowest BCUT2D eigenvalue weighted by molar-refractivity contribution is -0.137. The van der Waals surface area contributed by atoms with Crippen molar-refractivity contribution in [1.29, 1.82) is 0 Å². The predicted molar refractivity (Wildman–Crippen MR) is 97.5 cm³/mol. The summed E-state index contributed by atoms with van der Waals surface area (Å²) in [7, 11) is 0. The highest BCUT2D eigenvalue weighted by atomic mass is 19.4. The van der Waals surface area contributed by atoms with Crippen LogP contribution in [0.4, 0.5) is 13.2 Å². The lowest BCUT2D eigenvalue weighted by Gasteiger charge is -2.21. The second-order valence-electron chi connectivity index (χ2n) is 7.64. The molecule has 1 aromatic carbocycles. The summed E-state index contributed by atoms with van der Waals surface area (Å²) < 4.78 is 40.9. The Balaban J connectivity index is 1.59. The zero-order valence-corrected chi connectivity index (χ0v) is 15.5. The van der Waals surface area contributed by atoms with Crippen molar-refractivity contribution in [3.05, 3.63) is 35.7 Å². The monoisotopic (exact) mass is 392 g/mol. The van der Waals surface area contributed by atoms with Gasteiger partial charge in [0.25, 0.3) is 0 Å². The standard InChI is InChI=1S/C20H23F3N4O/c21-20(22,23)14-7-5-6-13(12-14)18-26-25-17-11-10-16(27(17)18)19(28)24-15-8-3-1-2-4-9-15/h5-7,12,15-16H,1-4,8-11H2,(H,24,28). The maximum absolute atomic E-state index is 13.1. The van der Waals surface area contributed by atoms with Crippen LogP contribution in [0.25, 0.3) is 11.4 Å². The number of hydrogen-bond acceptors (Lipinski definition) is 3. The second kappa shape index (κ2) is 7.56. The molecule has 0 spiro atoms. The summed E-state index contributed by atoms with van der Waals surface area (Å²) in [4.78, 5) is 12.9. The summed E-state index contributed by atoms with van der Waals surface area (Å²) in [6.07, 6.45) is 3.34. The molecule has 1 N–H and O–H groups in total. The van der Waals surface area contributed by atoms with Gasteiger partial charge in [-0.3, -0.25) is 9.36 Å². The Morgan fingerprint density at radius 3 is 2.54 bits per heavy atom. The van der Waals surface area contributed by atoms with Crippen LogP contribution in [0.2, 0.25) is 0 Å². The molecule has 2 heterocycles. The quantitative estimate of drug-likeness (QED) is 0.793. The number of hydrogen-bond donors (Lipinski definition) is 1. The smallest absolute Gasteiger partial charge is 0.352 e. The van der Waals surface area contributed by atoms with Crippen molar-refractivity contribution in [3.63, 3.8) is 0 Å². The van der Waals surface area contributed by atoms with E-state index in [1.165, 1.54) is 18.9 Å². The third kappa shape index (κ3) is 3.77. The molecule has 1 aliphatic carbocycles. The van der Waals surface area contributed by atoms with Crippen molar-refractivity contribution in [3.8, 4) is 11.4 Å². The number of aryl methyl sites for hydroxylation is 1. The van der Waals surface area contributed by atoms with Gasteiger partial charge in [0, 0.05) is 18.0 Å². The number of benzene rings is 1. The van der Waals surface area contributed by atoms with Gasteiger partial charge in [0.2, 0.25) is 5.91 Å². The largest absolute Gasteiger partial charge is 0.416 e. The van der Waals surface area contributed by atoms with Gasteiger partial charge in [0.05, 0.1) is 5.56 Å². The van der Waals surface area contributed by atoms with Gasteiger partial charge in [-0.15, -0.1) is 10.2 Å². The van der Waals surface area contributed by atoms with Crippen LogP contribution in [-0.4, -0.2) is 26.7 Å². The van der Waals surface area contributed by atoms with Crippen molar-refractivity contribution in [2.75, 3.05) is 0 Å². The number of nitrogens with zero attached hydrogens (tertiary/aromatic N) is 3. The van der Waals surface area contributed by atoms with Gasteiger partial charge >= 0.3 is 6.18 Å². The van der Waals surface area contributed by atoms with Crippen LogP contribution in [0.1, 0.15) is 62.4 Å². The first-order valence-corrected chi connectivity index (χ1v) is 9.85. The van der Waals surface area contributed by atoms with Gasteiger partial charge in [-0.2, -0.15) is 13.2 Å². The third-order valence-electron chi connectivity index (χ3n) is 5.67. The zero-order valence-electron chi connectivity index (χ0n) is 15.5. The van der Waals surface area contributed by atoms with E-state index in [1.807, 2.05) is 0 Å². The van der Waals surface area contributed by atoms with Crippen LogP contribution >= 0.6 is 0 Å². The average molecular weight is 392 g/mol. The number of alkyl halides is 3. The lowest BCUT2D eigenvalue weighted by atomic mass is 10.1. The number of carbonyl (C=O) groups excluding carboxylic acids is 1. The number of fused-ring (bicyclic) bond motifs is 1. The molecule has 1 amide bonds. The summed E-state index contributed by atoms with van der Waals surface area (Å²) in [6, 6.07) is 4.72. The van der Waals surface area contributed by atoms with Gasteiger partial charge in [0.15, 0.2) is 5.82 Å². The first-order valence-electron chi connectivity index (χ1n) is 9.85. The molecule has 2 aromatic rings. The first kappa shape index (κ1) is 19.0. The highest BCUT2D eigenvalue weighted by Crippen LogP contribution is 2.35. The molecular formula is C20H23F3N4O. The third-order valence-corrected chi connectivity index (χ3v) is 5.67. The van der Waals surface area contributed by atoms with E-state index in [2.05, 4.69) is 15.5 Å². The van der Waals surface area contributed by atoms with Crippen molar-refractivity contribution in [2.45, 2.75) is 69.6 Å². The molecule has 0 bridgehead atoms. The minimum atomic E-state index is -4.43. The fourth-order valence-corrected chi connectivity index (χ4v) is 4.22. The molecule has 8 heteroatoms. The summed E-state index contributed by atoms with van der Waals surface area (Å²) in [5.41, 5.74) is -0.414. The van der Waals surface area contributed by atoms with Crippen LogP contribution in [0, 0.1) is 0 Å². The molecule has 1 unspecified atom stereocenters. The molecule has 28 heavy (non-hydrogen) atoms. The summed E-state index contributed by atoms with van der Waals surface area (Å²) in [5.74, 6) is 0.881. The molecule has 1 aromatic heterocycles. The van der Waals surface area contributed by atoms with E-state index in [4.69, 9.17) is 0 Å². The van der Waals surface area contributed by atoms with Crippen molar-refractivity contribution in [2.24, 2.45) is 0 Å². The Hall–Kier alpha value is -2.38. The summed E-state index contributed by atoms with van der Waals surface area (Å²) >= 11 is 0. The molecule has 1 aliphatic heterocycles. The summed E-state index contributed by atoms with van der Waals surface area (Å²) in [6.45, 7) is 0. The van der Waals surface area contributed by atoms with Crippen LogP contribution in [0.15, 0.2) is 24.3 Å². The Morgan fingerprint density at radius 2 is 1.82 bits per heavy atom. The van der Waals surface area contributed by atoms with E-state index in [0.29, 0.717) is 30.1 Å². The number of carbonyl (C=O) groups is 1. The van der Waals surface area contributed by atoms with E-state index < -0.39 is 17.8 Å².